The molecule has 1 rings (SSSR count). The van der Waals surface area contributed by atoms with Crippen LogP contribution in [0.3, 0.4) is 0 Å². The van der Waals surface area contributed by atoms with Gasteiger partial charge in [-0.2, -0.15) is 0 Å². The first-order valence-corrected chi connectivity index (χ1v) is 6.36. The number of hydrogen-bond acceptors (Lipinski definition) is 3. The zero-order chi connectivity index (χ0) is 13.0. The minimum Gasteiger partial charge on any atom is -0.435 e. The highest BCUT2D eigenvalue weighted by atomic mass is 16.7. The van der Waals surface area contributed by atoms with E-state index in [1.54, 1.807) is 6.92 Å². The van der Waals surface area contributed by atoms with E-state index in [1.807, 2.05) is 0 Å². The first kappa shape index (κ1) is 14.2. The molecule has 0 spiro atoms. The lowest BCUT2D eigenvalue weighted by atomic mass is 9.73. The van der Waals surface area contributed by atoms with Crippen LogP contribution < -0.4 is 0 Å². The molecule has 0 N–H and O–H groups in total. The molecule has 0 bridgehead atoms. The van der Waals surface area contributed by atoms with Crippen LogP contribution in [-0.2, 0) is 14.3 Å². The first-order valence-electron chi connectivity index (χ1n) is 6.36. The lowest BCUT2D eigenvalue weighted by molar-refractivity contribution is -0.160. The molecule has 1 aliphatic carbocycles. The summed E-state index contributed by atoms with van der Waals surface area (Å²) in [6.45, 7) is 12.0. The highest BCUT2D eigenvalue weighted by Crippen LogP contribution is 2.35. The summed E-state index contributed by atoms with van der Waals surface area (Å²) in [5, 5.41) is 0. The largest absolute Gasteiger partial charge is 0.435 e. The first-order chi connectivity index (χ1) is 7.91. The molecule has 0 aromatic rings. The number of rotatable bonds is 4. The van der Waals surface area contributed by atoms with E-state index in [1.165, 1.54) is 0 Å². The summed E-state index contributed by atoms with van der Waals surface area (Å²) < 4.78 is 10.6. The lowest BCUT2D eigenvalue weighted by Crippen LogP contribution is -2.33. The van der Waals surface area contributed by atoms with Crippen LogP contribution in [0.25, 0.3) is 0 Å². The molecule has 2 atom stereocenters. The predicted molar refractivity (Wildman–Crippen MR) is 67.4 cm³/mol. The summed E-state index contributed by atoms with van der Waals surface area (Å²) in [5.74, 6) is 1.70. The van der Waals surface area contributed by atoms with Crippen molar-refractivity contribution in [2.45, 2.75) is 46.6 Å². The summed E-state index contributed by atoms with van der Waals surface area (Å²) in [5.41, 5.74) is 0.410. The van der Waals surface area contributed by atoms with Crippen molar-refractivity contribution in [1.29, 1.82) is 0 Å². The van der Waals surface area contributed by atoms with E-state index in [4.69, 9.17) is 9.47 Å². The molecule has 1 saturated carbocycles. The third-order valence-corrected chi connectivity index (χ3v) is 3.91. The van der Waals surface area contributed by atoms with Gasteiger partial charge in [0.1, 0.15) is 0 Å². The molecule has 98 valence electrons. The predicted octanol–water partition coefficient (Wildman–Crippen LogP) is 3.15. The zero-order valence-corrected chi connectivity index (χ0v) is 11.4. The van der Waals surface area contributed by atoms with Crippen LogP contribution in [0.4, 0.5) is 0 Å². The molecule has 0 amide bonds. The van der Waals surface area contributed by atoms with Crippen LogP contribution in [0.15, 0.2) is 12.2 Å². The SMILES string of the molecule is C=C(C)C(=O)OCOC1CC(C)C(C)C(C)C1. The molecular formula is C14H24O3. The van der Waals surface area contributed by atoms with Gasteiger partial charge in [-0.15, -0.1) is 0 Å². The minimum atomic E-state index is -0.379. The van der Waals surface area contributed by atoms with E-state index in [0.29, 0.717) is 17.4 Å². The normalized spacial score (nSPS) is 33.2. The maximum Gasteiger partial charge on any atom is 0.335 e. The fourth-order valence-corrected chi connectivity index (χ4v) is 2.36. The maximum atomic E-state index is 11.2. The molecule has 0 aliphatic heterocycles. The quantitative estimate of drug-likeness (QED) is 0.430. The summed E-state index contributed by atoms with van der Waals surface area (Å²) in [4.78, 5) is 11.2. The van der Waals surface area contributed by atoms with E-state index < -0.39 is 0 Å². The van der Waals surface area contributed by atoms with E-state index in [0.717, 1.165) is 18.8 Å². The smallest absolute Gasteiger partial charge is 0.335 e. The van der Waals surface area contributed by atoms with Gasteiger partial charge in [-0.25, -0.2) is 4.79 Å². The molecule has 0 heterocycles. The summed E-state index contributed by atoms with van der Waals surface area (Å²) >= 11 is 0. The minimum absolute atomic E-state index is 0.0458. The summed E-state index contributed by atoms with van der Waals surface area (Å²) in [6.07, 6.45) is 2.32. The highest BCUT2D eigenvalue weighted by Gasteiger charge is 2.30. The highest BCUT2D eigenvalue weighted by molar-refractivity contribution is 5.86. The van der Waals surface area contributed by atoms with E-state index >= 15 is 0 Å². The van der Waals surface area contributed by atoms with Gasteiger partial charge in [0.05, 0.1) is 6.10 Å². The molecule has 0 aromatic carbocycles. The van der Waals surface area contributed by atoms with Crippen molar-refractivity contribution in [2.75, 3.05) is 6.79 Å². The number of carbonyl (C=O) groups excluding carboxylic acids is 1. The fraction of sp³-hybridized carbons (Fsp3) is 0.786. The van der Waals surface area contributed by atoms with Crippen molar-refractivity contribution in [2.24, 2.45) is 17.8 Å². The third-order valence-electron chi connectivity index (χ3n) is 3.91. The molecule has 0 radical (unpaired) electrons. The standard InChI is InChI=1S/C14H24O3/c1-9(2)14(15)17-8-16-13-6-10(3)12(5)11(4)7-13/h10-13H,1,6-8H2,2-5H3. The number of esters is 1. The van der Waals surface area contributed by atoms with Crippen LogP contribution >= 0.6 is 0 Å². The molecule has 2 unspecified atom stereocenters. The second-order valence-electron chi connectivity index (χ2n) is 5.40. The van der Waals surface area contributed by atoms with Crippen molar-refractivity contribution in [3.8, 4) is 0 Å². The molecular weight excluding hydrogens is 216 g/mol. The Morgan fingerprint density at radius 3 is 2.24 bits per heavy atom. The Bertz CT molecular complexity index is 273. The molecule has 0 aromatic heterocycles. The van der Waals surface area contributed by atoms with Crippen LogP contribution in [0, 0.1) is 17.8 Å². The Labute approximate surface area is 104 Å². The number of carbonyl (C=O) groups is 1. The molecule has 3 nitrogen and oxygen atoms in total. The van der Waals surface area contributed by atoms with Gasteiger partial charge in [0.2, 0.25) is 0 Å². The van der Waals surface area contributed by atoms with Gasteiger partial charge in [0.25, 0.3) is 0 Å². The van der Waals surface area contributed by atoms with Crippen molar-refractivity contribution >= 4 is 5.97 Å². The van der Waals surface area contributed by atoms with Crippen molar-refractivity contribution in [3.63, 3.8) is 0 Å². The Morgan fingerprint density at radius 2 is 1.76 bits per heavy atom. The Hall–Kier alpha value is -0.830. The molecule has 3 heteroatoms. The summed E-state index contributed by atoms with van der Waals surface area (Å²) in [6, 6.07) is 0. The Morgan fingerprint density at radius 1 is 1.24 bits per heavy atom. The summed E-state index contributed by atoms with van der Waals surface area (Å²) in [7, 11) is 0. The van der Waals surface area contributed by atoms with E-state index in [2.05, 4.69) is 27.4 Å². The average Bonchev–Trinajstić information content (AvgIpc) is 2.25. The molecule has 1 fully saturated rings. The van der Waals surface area contributed by atoms with Crippen LogP contribution in [-0.4, -0.2) is 18.9 Å². The van der Waals surface area contributed by atoms with Gasteiger partial charge in [0, 0.05) is 5.57 Å². The topological polar surface area (TPSA) is 35.5 Å². The lowest BCUT2D eigenvalue weighted by Gasteiger charge is -2.36. The molecule has 1 aliphatic rings. The number of ether oxygens (including phenoxy) is 2. The second-order valence-corrected chi connectivity index (χ2v) is 5.40. The van der Waals surface area contributed by atoms with Gasteiger partial charge in [-0.1, -0.05) is 27.4 Å². The molecule has 0 saturated heterocycles. The zero-order valence-electron chi connectivity index (χ0n) is 11.4. The number of hydrogen-bond donors (Lipinski definition) is 0. The second kappa shape index (κ2) is 6.20. The van der Waals surface area contributed by atoms with Gasteiger partial charge >= 0.3 is 5.97 Å². The monoisotopic (exact) mass is 240 g/mol. The van der Waals surface area contributed by atoms with Crippen LogP contribution in [0.2, 0.25) is 0 Å². The van der Waals surface area contributed by atoms with Gasteiger partial charge in [-0.05, 0) is 37.5 Å². The van der Waals surface area contributed by atoms with E-state index in [-0.39, 0.29) is 18.9 Å². The fourth-order valence-electron chi connectivity index (χ4n) is 2.36. The van der Waals surface area contributed by atoms with Crippen molar-refractivity contribution in [3.05, 3.63) is 12.2 Å². The maximum absolute atomic E-state index is 11.2. The Kier molecular flexibility index (Phi) is 5.19. The van der Waals surface area contributed by atoms with Crippen LogP contribution in [0.1, 0.15) is 40.5 Å². The van der Waals surface area contributed by atoms with Crippen molar-refractivity contribution in [1.82, 2.24) is 0 Å². The Balaban J connectivity index is 2.29. The van der Waals surface area contributed by atoms with Gasteiger partial charge < -0.3 is 9.47 Å². The van der Waals surface area contributed by atoms with Gasteiger partial charge in [0.15, 0.2) is 6.79 Å². The average molecular weight is 240 g/mol. The molecule has 17 heavy (non-hydrogen) atoms. The van der Waals surface area contributed by atoms with Gasteiger partial charge in [-0.3, -0.25) is 0 Å². The third kappa shape index (κ3) is 4.15. The van der Waals surface area contributed by atoms with E-state index in [9.17, 15) is 4.79 Å². The van der Waals surface area contributed by atoms with Crippen molar-refractivity contribution < 1.29 is 14.3 Å². The van der Waals surface area contributed by atoms with Crippen LogP contribution in [0.5, 0.6) is 0 Å².